The van der Waals surface area contributed by atoms with Gasteiger partial charge in [-0.25, -0.2) is 15.0 Å². The fourth-order valence-corrected chi connectivity index (χ4v) is 4.46. The molecule has 1 amide bonds. The van der Waals surface area contributed by atoms with Crippen molar-refractivity contribution in [3.8, 4) is 0 Å². The number of rotatable bonds is 7. The van der Waals surface area contributed by atoms with E-state index in [1.165, 1.54) is 23.5 Å². The number of nitrogens with zero attached hydrogens (tertiary/aromatic N) is 4. The van der Waals surface area contributed by atoms with E-state index in [0.29, 0.717) is 21.5 Å². The monoisotopic (exact) mass is 449 g/mol. The Hall–Kier alpha value is -3.17. The second-order valence-electron chi connectivity index (χ2n) is 6.64. The van der Waals surface area contributed by atoms with Crippen LogP contribution in [0.15, 0.2) is 80.7 Å². The zero-order valence-corrected chi connectivity index (χ0v) is 18.5. The molecule has 7 nitrogen and oxygen atoms in total. The van der Waals surface area contributed by atoms with Crippen LogP contribution in [-0.4, -0.2) is 26.0 Å². The number of carbonyl (C=O) groups excluding carboxylic acids is 1. The fraction of sp³-hybridized carbons (Fsp3) is 0.136. The molecule has 0 spiro atoms. The summed E-state index contributed by atoms with van der Waals surface area (Å²) in [6.45, 7) is 3.80. The summed E-state index contributed by atoms with van der Waals surface area (Å²) in [7, 11) is 0. The van der Waals surface area contributed by atoms with E-state index >= 15 is 0 Å². The molecule has 0 unspecified atom stereocenters. The fourth-order valence-electron chi connectivity index (χ4n) is 2.78. The second-order valence-corrected chi connectivity index (χ2v) is 8.64. The lowest BCUT2D eigenvalue weighted by molar-refractivity contribution is 0.102. The second kappa shape index (κ2) is 9.76. The van der Waals surface area contributed by atoms with Gasteiger partial charge in [0.1, 0.15) is 10.8 Å². The molecule has 0 saturated heterocycles. The van der Waals surface area contributed by atoms with Crippen LogP contribution >= 0.6 is 23.5 Å². The number of anilines is 1. The molecule has 0 radical (unpaired) electrons. The van der Waals surface area contributed by atoms with Crippen LogP contribution in [0.2, 0.25) is 0 Å². The van der Waals surface area contributed by atoms with E-state index in [0.717, 1.165) is 27.6 Å². The van der Waals surface area contributed by atoms with E-state index in [-0.39, 0.29) is 5.91 Å². The van der Waals surface area contributed by atoms with Crippen LogP contribution in [0.3, 0.4) is 0 Å². The van der Waals surface area contributed by atoms with Gasteiger partial charge in [-0.15, -0.1) is 0 Å². The van der Waals surface area contributed by atoms with Crippen molar-refractivity contribution in [2.45, 2.75) is 34.7 Å². The zero-order valence-electron chi connectivity index (χ0n) is 16.9. The number of thioether (sulfide) groups is 1. The number of benzene rings is 1. The lowest BCUT2D eigenvalue weighted by atomic mass is 10.2. The van der Waals surface area contributed by atoms with Crippen LogP contribution in [0, 0.1) is 13.8 Å². The number of carbonyl (C=O) groups is 1. The average Bonchev–Trinajstić information content (AvgIpc) is 3.20. The van der Waals surface area contributed by atoms with Crippen LogP contribution in [0.4, 0.5) is 5.69 Å². The summed E-state index contributed by atoms with van der Waals surface area (Å²) in [6.07, 6.45) is 5.10. The van der Waals surface area contributed by atoms with Crippen LogP contribution < -0.4 is 5.32 Å². The Morgan fingerprint density at radius 3 is 2.58 bits per heavy atom. The molecular formula is C22H19N5O2S2. The van der Waals surface area contributed by atoms with Gasteiger partial charge in [0.15, 0.2) is 5.16 Å². The Labute approximate surface area is 188 Å². The number of aryl methyl sites for hydroxylation is 2. The molecule has 4 rings (SSSR count). The first-order chi connectivity index (χ1) is 15.1. The first-order valence-corrected chi connectivity index (χ1v) is 11.3. The lowest BCUT2D eigenvalue weighted by Crippen LogP contribution is -2.14. The molecule has 0 aliphatic heterocycles. The van der Waals surface area contributed by atoms with Gasteiger partial charge in [-0.2, -0.15) is 0 Å². The normalized spacial score (nSPS) is 10.8. The predicted octanol–water partition coefficient (Wildman–Crippen LogP) is 5.17. The number of aromatic nitrogens is 4. The quantitative estimate of drug-likeness (QED) is 0.305. The summed E-state index contributed by atoms with van der Waals surface area (Å²) in [4.78, 5) is 26.8. The van der Waals surface area contributed by atoms with Crippen molar-refractivity contribution in [1.82, 2.24) is 20.1 Å². The van der Waals surface area contributed by atoms with Gasteiger partial charge in [0, 0.05) is 41.0 Å². The highest BCUT2D eigenvalue weighted by Gasteiger charge is 2.15. The van der Waals surface area contributed by atoms with E-state index < -0.39 is 0 Å². The van der Waals surface area contributed by atoms with Crippen LogP contribution in [0.5, 0.6) is 0 Å². The summed E-state index contributed by atoms with van der Waals surface area (Å²) in [6, 6.07) is 13.0. The molecule has 156 valence electrons. The molecule has 0 aliphatic carbocycles. The third-order valence-corrected chi connectivity index (χ3v) is 6.17. The van der Waals surface area contributed by atoms with E-state index in [4.69, 9.17) is 4.52 Å². The van der Waals surface area contributed by atoms with Crippen molar-refractivity contribution in [2.75, 3.05) is 5.32 Å². The van der Waals surface area contributed by atoms with Crippen molar-refractivity contribution in [3.05, 3.63) is 83.6 Å². The van der Waals surface area contributed by atoms with E-state index in [9.17, 15) is 4.79 Å². The molecule has 4 aromatic rings. The Balaban J connectivity index is 1.45. The number of hydrogen-bond donors (Lipinski definition) is 1. The van der Waals surface area contributed by atoms with Crippen molar-refractivity contribution in [1.29, 1.82) is 0 Å². The maximum Gasteiger partial charge on any atom is 0.258 e. The summed E-state index contributed by atoms with van der Waals surface area (Å²) >= 11 is 2.92. The molecule has 31 heavy (non-hydrogen) atoms. The SMILES string of the molecule is Cc1cc(CSc2ncccc2C(=O)Nc2ccc(Sc3ncccn3)cc2C)no1. The number of amides is 1. The highest BCUT2D eigenvalue weighted by Crippen LogP contribution is 2.29. The third kappa shape index (κ3) is 5.50. The Morgan fingerprint density at radius 1 is 1.03 bits per heavy atom. The molecule has 3 heterocycles. The third-order valence-electron chi connectivity index (χ3n) is 4.25. The number of hydrogen-bond acceptors (Lipinski definition) is 8. The molecule has 9 heteroatoms. The molecule has 0 aliphatic rings. The van der Waals surface area contributed by atoms with Gasteiger partial charge in [0.25, 0.3) is 5.91 Å². The molecular weight excluding hydrogens is 430 g/mol. The van der Waals surface area contributed by atoms with Crippen molar-refractivity contribution < 1.29 is 9.32 Å². The smallest absolute Gasteiger partial charge is 0.258 e. The molecule has 0 fully saturated rings. The predicted molar refractivity (Wildman–Crippen MR) is 120 cm³/mol. The molecule has 0 bridgehead atoms. The maximum atomic E-state index is 13.0. The summed E-state index contributed by atoms with van der Waals surface area (Å²) in [5.74, 6) is 1.12. The van der Waals surface area contributed by atoms with E-state index in [1.807, 2.05) is 38.1 Å². The summed E-state index contributed by atoms with van der Waals surface area (Å²) in [5, 5.41) is 8.31. The highest BCUT2D eigenvalue weighted by atomic mass is 32.2. The van der Waals surface area contributed by atoms with Crippen molar-refractivity contribution in [3.63, 3.8) is 0 Å². The molecule has 3 aromatic heterocycles. The molecule has 0 saturated carbocycles. The van der Waals surface area contributed by atoms with Gasteiger partial charge in [-0.1, -0.05) is 16.9 Å². The van der Waals surface area contributed by atoms with Crippen molar-refractivity contribution >= 4 is 35.1 Å². The Morgan fingerprint density at radius 2 is 1.84 bits per heavy atom. The topological polar surface area (TPSA) is 93.8 Å². The summed E-state index contributed by atoms with van der Waals surface area (Å²) < 4.78 is 5.10. The summed E-state index contributed by atoms with van der Waals surface area (Å²) in [5.41, 5.74) is 3.02. The minimum atomic E-state index is -0.207. The maximum absolute atomic E-state index is 13.0. The number of pyridine rings is 1. The van der Waals surface area contributed by atoms with E-state index in [2.05, 4.69) is 25.4 Å². The van der Waals surface area contributed by atoms with Gasteiger partial charge < -0.3 is 9.84 Å². The largest absolute Gasteiger partial charge is 0.361 e. The van der Waals surface area contributed by atoms with Gasteiger partial charge in [0.2, 0.25) is 0 Å². The minimum absolute atomic E-state index is 0.207. The highest BCUT2D eigenvalue weighted by molar-refractivity contribution is 7.99. The lowest BCUT2D eigenvalue weighted by Gasteiger charge is -2.11. The first kappa shape index (κ1) is 21.1. The van der Waals surface area contributed by atoms with Crippen LogP contribution in [0.25, 0.3) is 0 Å². The van der Waals surface area contributed by atoms with E-state index in [1.54, 1.807) is 36.8 Å². The van der Waals surface area contributed by atoms with Gasteiger partial charge in [-0.3, -0.25) is 4.79 Å². The number of nitrogens with one attached hydrogen (secondary N) is 1. The minimum Gasteiger partial charge on any atom is -0.361 e. The molecule has 1 N–H and O–H groups in total. The van der Waals surface area contributed by atoms with Crippen LogP contribution in [-0.2, 0) is 5.75 Å². The Kier molecular flexibility index (Phi) is 6.63. The van der Waals surface area contributed by atoms with Gasteiger partial charge >= 0.3 is 0 Å². The molecule has 1 aromatic carbocycles. The van der Waals surface area contributed by atoms with Gasteiger partial charge in [0.05, 0.1) is 11.3 Å². The standard InChI is InChI=1S/C22H19N5O2S2/c1-14-11-17(31-22-24-9-4-10-25-22)6-7-19(14)26-20(28)18-5-3-8-23-21(18)30-13-16-12-15(2)29-27-16/h3-12H,13H2,1-2H3,(H,26,28). The van der Waals surface area contributed by atoms with Crippen LogP contribution in [0.1, 0.15) is 27.4 Å². The Bertz CT molecular complexity index is 1200. The average molecular weight is 450 g/mol. The zero-order chi connectivity index (χ0) is 21.6. The van der Waals surface area contributed by atoms with Gasteiger partial charge in [-0.05, 0) is 67.6 Å². The van der Waals surface area contributed by atoms with Crippen molar-refractivity contribution in [2.24, 2.45) is 0 Å². The molecule has 0 atom stereocenters. The first-order valence-electron chi connectivity index (χ1n) is 9.45.